The van der Waals surface area contributed by atoms with Crippen molar-refractivity contribution >= 4 is 11.9 Å². The first-order valence-electron chi connectivity index (χ1n) is 8.70. The van der Waals surface area contributed by atoms with Crippen LogP contribution < -0.4 is 5.32 Å². The number of nitrogens with zero attached hydrogens (tertiary/aromatic N) is 1. The van der Waals surface area contributed by atoms with E-state index in [4.69, 9.17) is 0 Å². The van der Waals surface area contributed by atoms with Gasteiger partial charge in [0.25, 0.3) is 5.91 Å². The van der Waals surface area contributed by atoms with E-state index in [9.17, 15) is 22.8 Å². The van der Waals surface area contributed by atoms with Gasteiger partial charge in [-0.25, -0.2) is 4.79 Å². The van der Waals surface area contributed by atoms with E-state index < -0.39 is 29.2 Å². The summed E-state index contributed by atoms with van der Waals surface area (Å²) in [7, 11) is 0. The SMILES string of the molecule is O=C1NC2(CCCc3ccccc32)C(=O)N1Cc1cccc(C(F)(F)F)c1. The van der Waals surface area contributed by atoms with Crippen LogP contribution in [0.25, 0.3) is 0 Å². The molecule has 1 N–H and O–H groups in total. The first-order valence-corrected chi connectivity index (χ1v) is 8.70. The Bertz CT molecular complexity index is 925. The molecule has 0 radical (unpaired) electrons. The van der Waals surface area contributed by atoms with Gasteiger partial charge in [-0.15, -0.1) is 0 Å². The van der Waals surface area contributed by atoms with Crippen molar-refractivity contribution in [2.24, 2.45) is 0 Å². The fraction of sp³-hybridized carbons (Fsp3) is 0.300. The van der Waals surface area contributed by atoms with E-state index in [1.165, 1.54) is 12.1 Å². The molecule has 2 aromatic carbocycles. The predicted octanol–water partition coefficient (Wildman–Crippen LogP) is 3.99. The highest BCUT2D eigenvalue weighted by molar-refractivity contribution is 6.07. The number of imide groups is 1. The van der Waals surface area contributed by atoms with Crippen molar-refractivity contribution in [1.82, 2.24) is 10.2 Å². The predicted molar refractivity (Wildman–Crippen MR) is 91.6 cm³/mol. The van der Waals surface area contributed by atoms with Gasteiger partial charge in [0, 0.05) is 0 Å². The Labute approximate surface area is 154 Å². The molecule has 4 nitrogen and oxygen atoms in total. The third kappa shape index (κ3) is 2.87. The standard InChI is InChI=1S/C20H17F3N2O2/c21-20(22,23)15-8-3-5-13(11-15)12-25-17(26)19(24-18(25)27)10-4-7-14-6-1-2-9-16(14)19/h1-3,5-6,8-9,11H,4,7,10,12H2,(H,24,27). The van der Waals surface area contributed by atoms with Crippen molar-refractivity contribution < 1.29 is 22.8 Å². The van der Waals surface area contributed by atoms with Crippen LogP contribution in [0.1, 0.15) is 35.1 Å². The highest BCUT2D eigenvalue weighted by atomic mass is 19.4. The van der Waals surface area contributed by atoms with E-state index >= 15 is 0 Å². The fourth-order valence-corrected chi connectivity index (χ4v) is 3.98. The monoisotopic (exact) mass is 374 g/mol. The number of fused-ring (bicyclic) bond motifs is 2. The summed E-state index contributed by atoms with van der Waals surface area (Å²) in [5.41, 5.74) is 0.131. The highest BCUT2D eigenvalue weighted by Crippen LogP contribution is 2.40. The Kier molecular flexibility index (Phi) is 3.98. The van der Waals surface area contributed by atoms with Crippen LogP contribution >= 0.6 is 0 Å². The van der Waals surface area contributed by atoms with Crippen molar-refractivity contribution in [3.05, 3.63) is 70.8 Å². The van der Waals surface area contributed by atoms with Crippen molar-refractivity contribution in [2.75, 3.05) is 0 Å². The molecule has 1 aliphatic carbocycles. The molecule has 1 fully saturated rings. The summed E-state index contributed by atoms with van der Waals surface area (Å²) in [6.07, 6.45) is -2.42. The zero-order chi connectivity index (χ0) is 19.2. The first-order chi connectivity index (χ1) is 12.8. The average Bonchev–Trinajstić information content (AvgIpc) is 2.87. The fourth-order valence-electron chi connectivity index (χ4n) is 3.98. The minimum absolute atomic E-state index is 0.196. The van der Waals surface area contributed by atoms with Gasteiger partial charge in [-0.05, 0) is 48.1 Å². The molecule has 1 saturated heterocycles. The van der Waals surface area contributed by atoms with Gasteiger partial charge in [-0.3, -0.25) is 9.69 Å². The molecular formula is C20H17F3N2O2. The maximum atomic E-state index is 13.2. The molecule has 2 aromatic rings. The third-order valence-electron chi connectivity index (χ3n) is 5.25. The molecule has 7 heteroatoms. The topological polar surface area (TPSA) is 49.4 Å². The van der Waals surface area contributed by atoms with Gasteiger partial charge in [-0.1, -0.05) is 36.4 Å². The largest absolute Gasteiger partial charge is 0.416 e. The molecule has 4 rings (SSSR count). The van der Waals surface area contributed by atoms with Crippen LogP contribution in [0.3, 0.4) is 0 Å². The highest BCUT2D eigenvalue weighted by Gasteiger charge is 2.53. The molecule has 1 spiro atoms. The lowest BCUT2D eigenvalue weighted by Gasteiger charge is -2.33. The van der Waals surface area contributed by atoms with E-state index in [-0.39, 0.29) is 12.1 Å². The molecule has 27 heavy (non-hydrogen) atoms. The van der Waals surface area contributed by atoms with Crippen LogP contribution in [-0.4, -0.2) is 16.8 Å². The normalized spacial score (nSPS) is 22.1. The third-order valence-corrected chi connectivity index (χ3v) is 5.25. The number of amides is 3. The number of nitrogens with one attached hydrogen (secondary N) is 1. The number of carbonyl (C=O) groups is 2. The Balaban J connectivity index is 1.66. The van der Waals surface area contributed by atoms with Crippen LogP contribution in [0, 0.1) is 0 Å². The number of urea groups is 1. The van der Waals surface area contributed by atoms with Gasteiger partial charge < -0.3 is 5.32 Å². The Morgan fingerprint density at radius 3 is 2.63 bits per heavy atom. The van der Waals surface area contributed by atoms with Crippen LogP contribution in [0.5, 0.6) is 0 Å². The summed E-state index contributed by atoms with van der Waals surface area (Å²) in [4.78, 5) is 26.7. The van der Waals surface area contributed by atoms with E-state index in [1.54, 1.807) is 0 Å². The number of hydrogen-bond donors (Lipinski definition) is 1. The molecule has 1 atom stereocenters. The van der Waals surface area contributed by atoms with Gasteiger partial charge >= 0.3 is 12.2 Å². The Morgan fingerprint density at radius 2 is 1.85 bits per heavy atom. The summed E-state index contributed by atoms with van der Waals surface area (Å²) in [5.74, 6) is -0.405. The molecular weight excluding hydrogens is 357 g/mol. The van der Waals surface area contributed by atoms with Gasteiger partial charge in [0.15, 0.2) is 0 Å². The molecule has 140 valence electrons. The van der Waals surface area contributed by atoms with Gasteiger partial charge in [0.2, 0.25) is 0 Å². The maximum Gasteiger partial charge on any atom is 0.416 e. The summed E-state index contributed by atoms with van der Waals surface area (Å²) in [5, 5.41) is 2.81. The van der Waals surface area contributed by atoms with Crippen LogP contribution in [0.2, 0.25) is 0 Å². The van der Waals surface area contributed by atoms with Crippen LogP contribution in [-0.2, 0) is 29.5 Å². The van der Waals surface area contributed by atoms with Crippen molar-refractivity contribution in [3.63, 3.8) is 0 Å². The lowest BCUT2D eigenvalue weighted by Crippen LogP contribution is -2.46. The molecule has 0 aromatic heterocycles. The second-order valence-corrected chi connectivity index (χ2v) is 6.94. The molecule has 1 unspecified atom stereocenters. The summed E-state index contributed by atoms with van der Waals surface area (Å²) in [6.45, 7) is -0.196. The summed E-state index contributed by atoms with van der Waals surface area (Å²) >= 11 is 0. The maximum absolute atomic E-state index is 13.2. The number of carbonyl (C=O) groups excluding carboxylic acids is 2. The Hall–Kier alpha value is -2.83. The number of hydrogen-bond acceptors (Lipinski definition) is 2. The summed E-state index contributed by atoms with van der Waals surface area (Å²) in [6, 6.07) is 11.6. The zero-order valence-corrected chi connectivity index (χ0v) is 14.3. The number of rotatable bonds is 2. The lowest BCUT2D eigenvalue weighted by atomic mass is 9.76. The zero-order valence-electron chi connectivity index (χ0n) is 14.3. The number of alkyl halides is 3. The van der Waals surface area contributed by atoms with Crippen molar-refractivity contribution in [1.29, 1.82) is 0 Å². The molecule has 0 bridgehead atoms. The molecule has 1 aliphatic heterocycles. The molecule has 0 saturated carbocycles. The minimum atomic E-state index is -4.48. The minimum Gasteiger partial charge on any atom is -0.319 e. The number of halogens is 3. The van der Waals surface area contributed by atoms with Gasteiger partial charge in [0.05, 0.1) is 12.1 Å². The van der Waals surface area contributed by atoms with Gasteiger partial charge in [0.1, 0.15) is 5.54 Å². The molecule has 3 amide bonds. The van der Waals surface area contributed by atoms with Crippen LogP contribution in [0.15, 0.2) is 48.5 Å². The molecule has 2 aliphatic rings. The van der Waals surface area contributed by atoms with Crippen LogP contribution in [0.4, 0.5) is 18.0 Å². The number of benzene rings is 2. The second kappa shape index (κ2) is 6.11. The smallest absolute Gasteiger partial charge is 0.319 e. The number of aryl methyl sites for hydroxylation is 1. The van der Waals surface area contributed by atoms with E-state index in [0.29, 0.717) is 6.42 Å². The lowest BCUT2D eigenvalue weighted by molar-refractivity contribution is -0.137. The first kappa shape index (κ1) is 17.6. The Morgan fingerprint density at radius 1 is 1.07 bits per heavy atom. The summed E-state index contributed by atoms with van der Waals surface area (Å²) < 4.78 is 38.8. The quantitative estimate of drug-likeness (QED) is 0.808. The van der Waals surface area contributed by atoms with Crippen molar-refractivity contribution in [3.8, 4) is 0 Å². The van der Waals surface area contributed by atoms with Gasteiger partial charge in [-0.2, -0.15) is 13.2 Å². The van der Waals surface area contributed by atoms with E-state index in [2.05, 4.69) is 5.32 Å². The van der Waals surface area contributed by atoms with Crippen molar-refractivity contribution in [2.45, 2.75) is 37.5 Å². The second-order valence-electron chi connectivity index (χ2n) is 6.94. The van der Waals surface area contributed by atoms with E-state index in [1.807, 2.05) is 24.3 Å². The van der Waals surface area contributed by atoms with E-state index in [0.717, 1.165) is 41.0 Å². The average molecular weight is 374 g/mol. The molecule has 1 heterocycles.